The molecule has 6 nitrogen and oxygen atoms in total. The van der Waals surface area contributed by atoms with E-state index in [0.717, 1.165) is 11.1 Å². The molecule has 4 aromatic rings. The summed E-state index contributed by atoms with van der Waals surface area (Å²) in [6, 6.07) is 25.7. The van der Waals surface area contributed by atoms with Crippen LogP contribution in [0.1, 0.15) is 31.8 Å². The second-order valence-electron chi connectivity index (χ2n) is 7.97. The van der Waals surface area contributed by atoms with Crippen molar-refractivity contribution in [1.82, 2.24) is 0 Å². The molecule has 0 saturated heterocycles. The first-order valence-electron chi connectivity index (χ1n) is 11.8. The minimum atomic E-state index is -0.0675. The summed E-state index contributed by atoms with van der Waals surface area (Å²) in [5, 5.41) is 0. The van der Waals surface area contributed by atoms with Crippen LogP contribution < -0.4 is 18.9 Å². The molecule has 0 saturated carbocycles. The van der Waals surface area contributed by atoms with E-state index in [2.05, 4.69) is 0 Å². The molecule has 0 fully saturated rings. The van der Waals surface area contributed by atoms with Gasteiger partial charge in [-0.05, 0) is 36.4 Å². The minimum absolute atomic E-state index is 0. The summed E-state index contributed by atoms with van der Waals surface area (Å²) < 4.78 is 20.6. The predicted molar refractivity (Wildman–Crippen MR) is 150 cm³/mol. The fraction of sp³-hybridized carbons (Fsp3) is 0.125. The molecule has 39 heavy (non-hydrogen) atoms. The van der Waals surface area contributed by atoms with E-state index >= 15 is 0 Å². The van der Waals surface area contributed by atoms with E-state index in [9.17, 15) is 9.59 Å². The summed E-state index contributed by atoms with van der Waals surface area (Å²) in [6.45, 7) is 0. The van der Waals surface area contributed by atoms with Crippen LogP contribution in [-0.2, 0) is 17.1 Å². The third kappa shape index (κ3) is 8.88. The number of ketones is 2. The second-order valence-corrected chi connectivity index (χ2v) is 7.97. The molecular weight excluding hydrogens is 536 g/mol. The van der Waals surface area contributed by atoms with Crippen molar-refractivity contribution in [2.45, 2.75) is 0 Å². The Morgan fingerprint density at radius 3 is 1.21 bits per heavy atom. The Labute approximate surface area is 239 Å². The molecule has 0 aliphatic rings. The average Bonchev–Trinajstić information content (AvgIpc) is 3.69. The largest absolute Gasteiger partial charge is 2.00 e. The second kappa shape index (κ2) is 15.8. The summed E-state index contributed by atoms with van der Waals surface area (Å²) in [4.78, 5) is 24.0. The molecule has 202 valence electrons. The first-order valence-corrected chi connectivity index (χ1v) is 11.8. The minimum Gasteiger partial charge on any atom is -0.493 e. The molecular formula is C32H30FeO6. The molecule has 0 atom stereocenters. The summed E-state index contributed by atoms with van der Waals surface area (Å²) in [5.41, 5.74) is 3.16. The Morgan fingerprint density at radius 2 is 0.897 bits per heavy atom. The predicted octanol–water partition coefficient (Wildman–Crippen LogP) is 6.64. The fourth-order valence-corrected chi connectivity index (χ4v) is 3.52. The molecule has 0 aliphatic heterocycles. The number of rotatable bonds is 10. The van der Waals surface area contributed by atoms with Gasteiger partial charge in [-0.3, -0.25) is 0 Å². The van der Waals surface area contributed by atoms with Crippen LogP contribution in [0.2, 0.25) is 0 Å². The van der Waals surface area contributed by atoms with Crippen molar-refractivity contribution in [2.24, 2.45) is 0 Å². The molecule has 4 aromatic carbocycles. The van der Waals surface area contributed by atoms with E-state index in [4.69, 9.17) is 18.9 Å². The van der Waals surface area contributed by atoms with Crippen LogP contribution in [0.3, 0.4) is 0 Å². The van der Waals surface area contributed by atoms with Gasteiger partial charge in [0.1, 0.15) is 11.6 Å². The van der Waals surface area contributed by atoms with Gasteiger partial charge in [0.05, 0.1) is 28.4 Å². The maximum atomic E-state index is 12.0. The maximum absolute atomic E-state index is 12.0. The number of benzene rings is 2. The number of ether oxygens (including phenoxy) is 4. The van der Waals surface area contributed by atoms with Crippen molar-refractivity contribution in [1.29, 1.82) is 0 Å². The van der Waals surface area contributed by atoms with Crippen LogP contribution in [0.15, 0.2) is 97.1 Å². The van der Waals surface area contributed by atoms with Crippen molar-refractivity contribution in [3.63, 3.8) is 0 Å². The van der Waals surface area contributed by atoms with Crippen LogP contribution >= 0.6 is 0 Å². The normalized spacial score (nSPS) is 10.4. The number of hydrogen-bond acceptors (Lipinski definition) is 6. The molecule has 4 rings (SSSR count). The molecule has 0 unspecified atom stereocenters. The quantitative estimate of drug-likeness (QED) is 0.0929. The van der Waals surface area contributed by atoms with E-state index in [-0.39, 0.29) is 28.6 Å². The van der Waals surface area contributed by atoms with Gasteiger partial charge >= 0.3 is 17.1 Å². The number of allylic oxidation sites excluding steroid dienone is 2. The first kappa shape index (κ1) is 30.9. The van der Waals surface area contributed by atoms with Crippen molar-refractivity contribution >= 4 is 23.7 Å². The van der Waals surface area contributed by atoms with Crippen molar-refractivity contribution in [3.8, 4) is 23.0 Å². The van der Waals surface area contributed by atoms with E-state index in [1.807, 2.05) is 48.5 Å². The standard InChI is InChI=1S/2C16H15O3.Fe/c2*1-18-15-10-8-13(11-16(15)19-2)14(17)9-7-12-5-3-4-6-12;/h2*3-11H,1-2H3;/q2*-1;+2/b2*9-7+;. The Balaban J connectivity index is 0.000000267. The number of carbonyl (C=O) groups excluding carboxylic acids is 2. The van der Waals surface area contributed by atoms with Gasteiger partial charge in [-0.25, -0.2) is 0 Å². The van der Waals surface area contributed by atoms with Gasteiger partial charge in [0.2, 0.25) is 0 Å². The Kier molecular flexibility index (Phi) is 12.5. The molecule has 0 bridgehead atoms. The summed E-state index contributed by atoms with van der Waals surface area (Å²) in [6.07, 6.45) is 6.69. The average molecular weight is 566 g/mol. The SMILES string of the molecule is COc1ccc(C(=O)/C=C/[c-]2cccc2)cc1OC.COc1ccc(C(=O)/C=C/[c-]2cccc2)cc1OC.[Fe+2]. The zero-order valence-corrected chi connectivity index (χ0v) is 23.3. The van der Waals surface area contributed by atoms with Gasteiger partial charge in [0, 0.05) is 11.1 Å². The van der Waals surface area contributed by atoms with E-state index in [0.29, 0.717) is 34.1 Å². The molecule has 0 heterocycles. The Hall–Kier alpha value is -4.32. The Bertz CT molecular complexity index is 1270. The van der Waals surface area contributed by atoms with Crippen LogP contribution in [0.5, 0.6) is 23.0 Å². The van der Waals surface area contributed by atoms with Crippen LogP contribution in [0.25, 0.3) is 12.2 Å². The van der Waals surface area contributed by atoms with Crippen LogP contribution in [0.4, 0.5) is 0 Å². The number of hydrogen-bond donors (Lipinski definition) is 0. The van der Waals surface area contributed by atoms with E-state index in [1.54, 1.807) is 89.1 Å². The van der Waals surface area contributed by atoms with Gasteiger partial charge in [-0.15, -0.1) is 47.5 Å². The summed E-state index contributed by atoms with van der Waals surface area (Å²) >= 11 is 0. The molecule has 0 radical (unpaired) electrons. The molecule has 7 heteroatoms. The zero-order valence-electron chi connectivity index (χ0n) is 22.2. The first-order chi connectivity index (χ1) is 18.5. The topological polar surface area (TPSA) is 71.1 Å². The molecule has 0 aromatic heterocycles. The van der Waals surface area contributed by atoms with E-state index < -0.39 is 0 Å². The smallest absolute Gasteiger partial charge is 0.493 e. The van der Waals surface area contributed by atoms with Crippen molar-refractivity contribution in [2.75, 3.05) is 28.4 Å². The third-order valence-electron chi connectivity index (χ3n) is 5.57. The number of carbonyl (C=O) groups is 2. The van der Waals surface area contributed by atoms with Gasteiger partial charge in [-0.2, -0.15) is 24.3 Å². The number of methoxy groups -OCH3 is 4. The monoisotopic (exact) mass is 566 g/mol. The Morgan fingerprint density at radius 1 is 0.564 bits per heavy atom. The van der Waals surface area contributed by atoms with Gasteiger partial charge in [-0.1, -0.05) is 12.2 Å². The molecule has 0 aliphatic carbocycles. The molecule has 0 N–H and O–H groups in total. The maximum Gasteiger partial charge on any atom is 2.00 e. The summed E-state index contributed by atoms with van der Waals surface area (Å²) in [5.74, 6) is 2.19. The van der Waals surface area contributed by atoms with Gasteiger partial charge in [0.25, 0.3) is 0 Å². The van der Waals surface area contributed by atoms with Crippen LogP contribution in [-0.4, -0.2) is 40.0 Å². The molecule has 0 amide bonds. The third-order valence-corrected chi connectivity index (χ3v) is 5.57. The van der Waals surface area contributed by atoms with Gasteiger partial charge in [0.15, 0.2) is 23.0 Å². The van der Waals surface area contributed by atoms with E-state index in [1.165, 1.54) is 0 Å². The fourth-order valence-electron chi connectivity index (χ4n) is 3.52. The van der Waals surface area contributed by atoms with Crippen molar-refractivity contribution < 1.29 is 45.6 Å². The molecule has 0 spiro atoms. The summed E-state index contributed by atoms with van der Waals surface area (Å²) in [7, 11) is 6.22. The van der Waals surface area contributed by atoms with Crippen molar-refractivity contribution in [3.05, 3.63) is 119 Å². The van der Waals surface area contributed by atoms with Gasteiger partial charge < -0.3 is 28.5 Å². The zero-order chi connectivity index (χ0) is 27.3. The van der Waals surface area contributed by atoms with Crippen LogP contribution in [0, 0.1) is 0 Å².